The van der Waals surface area contributed by atoms with Crippen LogP contribution in [0.1, 0.15) is 57.5 Å². The Labute approximate surface area is 238 Å². The Morgan fingerprint density at radius 2 is 1.73 bits per heavy atom. The first kappa shape index (κ1) is 26.0. The number of anilines is 2. The maximum atomic E-state index is 13.4. The van der Waals surface area contributed by atoms with Crippen molar-refractivity contribution in [1.82, 2.24) is 4.90 Å². The number of carbonyl (C=O) groups excluding carboxylic acids is 1. The summed E-state index contributed by atoms with van der Waals surface area (Å²) in [6, 6.07) is 26.9. The number of carboxylic acid groups (broad SMARTS) is 1. The summed E-state index contributed by atoms with van der Waals surface area (Å²) in [5.74, 6) is -0.291. The molecule has 1 heterocycles. The van der Waals surface area contributed by atoms with Crippen molar-refractivity contribution in [2.45, 2.75) is 44.9 Å². The zero-order valence-electron chi connectivity index (χ0n) is 21.9. The number of amides is 1. The minimum atomic E-state index is -1.06. The van der Waals surface area contributed by atoms with Gasteiger partial charge in [0.05, 0.1) is 16.3 Å². The second-order valence-electron chi connectivity index (χ2n) is 10.4. The van der Waals surface area contributed by atoms with Gasteiger partial charge < -0.3 is 20.1 Å². The smallest absolute Gasteiger partial charge is 0.337 e. The van der Waals surface area contributed by atoms with E-state index < -0.39 is 5.97 Å². The second-order valence-corrected chi connectivity index (χ2v) is 10.8. The Morgan fingerprint density at radius 1 is 0.950 bits per heavy atom. The Kier molecular flexibility index (Phi) is 7.18. The van der Waals surface area contributed by atoms with Gasteiger partial charge in [-0.25, -0.2) is 4.79 Å². The van der Waals surface area contributed by atoms with Crippen LogP contribution in [0.3, 0.4) is 0 Å². The van der Waals surface area contributed by atoms with Gasteiger partial charge in [-0.2, -0.15) is 0 Å². The number of carboxylic acids is 1. The van der Waals surface area contributed by atoms with Gasteiger partial charge in [0.15, 0.2) is 0 Å². The number of para-hydroxylation sites is 1. The zero-order valence-corrected chi connectivity index (χ0v) is 22.7. The number of rotatable bonds is 8. The van der Waals surface area contributed by atoms with Gasteiger partial charge in [0.2, 0.25) is 0 Å². The molecule has 1 aliphatic carbocycles. The van der Waals surface area contributed by atoms with Crippen LogP contribution < -0.4 is 10.1 Å². The van der Waals surface area contributed by atoms with Gasteiger partial charge in [-0.15, -0.1) is 0 Å². The number of benzene rings is 4. The minimum Gasteiger partial charge on any atom is -0.487 e. The number of nitrogens with one attached hydrogen (secondary N) is 1. The largest absolute Gasteiger partial charge is 0.487 e. The van der Waals surface area contributed by atoms with E-state index in [0.29, 0.717) is 24.9 Å². The minimum absolute atomic E-state index is 0.0665. The van der Waals surface area contributed by atoms with Gasteiger partial charge in [-0.1, -0.05) is 66.9 Å². The average Bonchev–Trinajstić information content (AvgIpc) is 3.61. The van der Waals surface area contributed by atoms with Gasteiger partial charge in [0.1, 0.15) is 12.4 Å². The molecule has 2 aliphatic rings. The number of nitrogens with zero attached hydrogens (tertiary/aromatic N) is 1. The summed E-state index contributed by atoms with van der Waals surface area (Å²) in [5, 5.41) is 13.1. The molecule has 4 aromatic carbocycles. The fraction of sp³-hybridized carbons (Fsp3) is 0.212. The van der Waals surface area contributed by atoms with Crippen molar-refractivity contribution in [2.24, 2.45) is 0 Å². The molecule has 2 N–H and O–H groups in total. The predicted molar refractivity (Wildman–Crippen MR) is 156 cm³/mol. The van der Waals surface area contributed by atoms with Gasteiger partial charge in [-0.05, 0) is 77.6 Å². The van der Waals surface area contributed by atoms with Crippen molar-refractivity contribution in [3.8, 4) is 16.9 Å². The molecule has 1 fully saturated rings. The van der Waals surface area contributed by atoms with E-state index in [4.69, 9.17) is 16.3 Å². The number of fused-ring (bicyclic) bond motifs is 1. The summed E-state index contributed by atoms with van der Waals surface area (Å²) in [7, 11) is 0. The molecular weight excluding hydrogens is 524 g/mol. The molecule has 1 amide bonds. The highest BCUT2D eigenvalue weighted by Gasteiger charge is 2.35. The summed E-state index contributed by atoms with van der Waals surface area (Å²) >= 11 is 6.06. The molecule has 0 bridgehead atoms. The first-order valence-corrected chi connectivity index (χ1v) is 13.9. The SMILES string of the molecule is O=C(O)c1cc(-c2cccc(COc3cc4c(cc3Nc3ccccc3)C(=O)N(C3CCCC3)C4)c2)ccc1Cl. The number of aromatic carboxylic acids is 1. The summed E-state index contributed by atoms with van der Waals surface area (Å²) in [4.78, 5) is 26.9. The topological polar surface area (TPSA) is 78.9 Å². The highest BCUT2D eigenvalue weighted by molar-refractivity contribution is 6.33. The highest BCUT2D eigenvalue weighted by Crippen LogP contribution is 2.38. The van der Waals surface area contributed by atoms with Crippen molar-refractivity contribution in [3.05, 3.63) is 112 Å². The molecule has 0 unspecified atom stereocenters. The third-order valence-corrected chi connectivity index (χ3v) is 8.04. The molecule has 0 saturated heterocycles. The van der Waals surface area contributed by atoms with E-state index in [1.165, 1.54) is 12.8 Å². The standard InChI is InChI=1S/C33H29ClN2O4/c34-29-14-13-23(16-28(29)33(38)39)22-8-6-7-21(15-22)20-40-31-17-24-19-36(26-11-4-5-12-26)32(37)27(24)18-30(31)35-25-9-2-1-3-10-25/h1-3,6-10,13-18,26,35H,4-5,11-12,19-20H2,(H,38,39). The lowest BCUT2D eigenvalue weighted by atomic mass is 10.0. The van der Waals surface area contributed by atoms with Crippen LogP contribution >= 0.6 is 11.6 Å². The van der Waals surface area contributed by atoms with Crippen LogP contribution in [0.2, 0.25) is 5.02 Å². The summed E-state index contributed by atoms with van der Waals surface area (Å²) in [6.45, 7) is 0.911. The number of carbonyl (C=O) groups is 2. The van der Waals surface area contributed by atoms with E-state index in [-0.39, 0.29) is 16.5 Å². The quantitative estimate of drug-likeness (QED) is 0.232. The van der Waals surface area contributed by atoms with E-state index in [1.807, 2.05) is 77.7 Å². The monoisotopic (exact) mass is 552 g/mol. The molecule has 0 aromatic heterocycles. The molecule has 4 aromatic rings. The predicted octanol–water partition coefficient (Wildman–Crippen LogP) is 7.93. The van der Waals surface area contributed by atoms with Crippen LogP contribution in [0.25, 0.3) is 11.1 Å². The number of hydrogen-bond donors (Lipinski definition) is 2. The van der Waals surface area contributed by atoms with Crippen LogP contribution in [-0.4, -0.2) is 27.9 Å². The molecule has 1 aliphatic heterocycles. The van der Waals surface area contributed by atoms with Crippen LogP contribution in [0.15, 0.2) is 84.9 Å². The van der Waals surface area contributed by atoms with Crippen LogP contribution in [-0.2, 0) is 13.2 Å². The van der Waals surface area contributed by atoms with Gasteiger partial charge in [0.25, 0.3) is 5.91 Å². The highest BCUT2D eigenvalue weighted by atomic mass is 35.5. The molecule has 0 radical (unpaired) electrons. The third-order valence-electron chi connectivity index (χ3n) is 7.71. The molecular formula is C33H29ClN2O4. The van der Waals surface area contributed by atoms with Gasteiger partial charge in [-0.3, -0.25) is 4.79 Å². The molecule has 202 valence electrons. The number of halogens is 1. The van der Waals surface area contributed by atoms with Crippen molar-refractivity contribution < 1.29 is 19.4 Å². The maximum absolute atomic E-state index is 13.4. The first-order valence-electron chi connectivity index (χ1n) is 13.5. The average molecular weight is 553 g/mol. The molecule has 6 nitrogen and oxygen atoms in total. The summed E-state index contributed by atoms with van der Waals surface area (Å²) in [5.41, 5.74) is 6.00. The fourth-order valence-corrected chi connectivity index (χ4v) is 5.84. The summed E-state index contributed by atoms with van der Waals surface area (Å²) in [6.07, 6.45) is 4.48. The first-order chi connectivity index (χ1) is 19.5. The molecule has 0 spiro atoms. The van der Waals surface area contributed by atoms with E-state index in [9.17, 15) is 14.7 Å². The Bertz CT molecular complexity index is 1580. The normalized spacial score (nSPS) is 14.8. The molecule has 1 saturated carbocycles. The molecule has 7 heteroatoms. The van der Waals surface area contributed by atoms with E-state index >= 15 is 0 Å². The Morgan fingerprint density at radius 3 is 2.50 bits per heavy atom. The van der Waals surface area contributed by atoms with Crippen molar-refractivity contribution in [2.75, 3.05) is 5.32 Å². The van der Waals surface area contributed by atoms with Crippen LogP contribution in [0, 0.1) is 0 Å². The van der Waals surface area contributed by atoms with Gasteiger partial charge >= 0.3 is 5.97 Å². The number of hydrogen-bond acceptors (Lipinski definition) is 4. The molecule has 40 heavy (non-hydrogen) atoms. The fourth-order valence-electron chi connectivity index (χ4n) is 5.64. The van der Waals surface area contributed by atoms with Crippen LogP contribution in [0.5, 0.6) is 5.75 Å². The molecule has 6 rings (SSSR count). The van der Waals surface area contributed by atoms with Crippen molar-refractivity contribution >= 4 is 34.9 Å². The lowest BCUT2D eigenvalue weighted by Crippen LogP contribution is -2.33. The Hall–Kier alpha value is -4.29. The third kappa shape index (κ3) is 5.27. The van der Waals surface area contributed by atoms with Crippen LogP contribution in [0.4, 0.5) is 11.4 Å². The lowest BCUT2D eigenvalue weighted by molar-refractivity contribution is 0.0691. The second kappa shape index (κ2) is 11.1. The Balaban J connectivity index is 1.28. The lowest BCUT2D eigenvalue weighted by Gasteiger charge is -2.23. The molecule has 0 atom stereocenters. The maximum Gasteiger partial charge on any atom is 0.337 e. The number of ether oxygens (including phenoxy) is 1. The van der Waals surface area contributed by atoms with E-state index in [2.05, 4.69) is 5.32 Å². The van der Waals surface area contributed by atoms with Crippen molar-refractivity contribution in [3.63, 3.8) is 0 Å². The zero-order chi connectivity index (χ0) is 27.6. The van der Waals surface area contributed by atoms with Gasteiger partial charge in [0, 0.05) is 23.8 Å². The van der Waals surface area contributed by atoms with E-state index in [1.54, 1.807) is 12.1 Å². The van der Waals surface area contributed by atoms with Crippen molar-refractivity contribution in [1.29, 1.82) is 0 Å². The summed E-state index contributed by atoms with van der Waals surface area (Å²) < 4.78 is 6.38. The van der Waals surface area contributed by atoms with E-state index in [0.717, 1.165) is 52.0 Å².